The number of methoxy groups -OCH3 is 1. The minimum atomic E-state index is -1.24. The average Bonchev–Trinajstić information content (AvgIpc) is 2.36. The summed E-state index contributed by atoms with van der Waals surface area (Å²) in [5.74, 6) is -1.16. The Labute approximate surface area is 96.7 Å². The summed E-state index contributed by atoms with van der Waals surface area (Å²) in [6.07, 6.45) is 1.55. The zero-order chi connectivity index (χ0) is 12.7. The third kappa shape index (κ3) is 4.33. The molecule has 5 nitrogen and oxygen atoms in total. The summed E-state index contributed by atoms with van der Waals surface area (Å²) < 4.78 is 16.2. The minimum absolute atomic E-state index is 0.522. The summed E-state index contributed by atoms with van der Waals surface area (Å²) >= 11 is 0. The number of amides is 1. The Morgan fingerprint density at radius 3 is 2.41 bits per heavy atom. The normalized spacial score (nSPS) is 10.0. The quantitative estimate of drug-likeness (QED) is 0.811. The molecule has 1 rings (SSSR count). The Hall–Kier alpha value is -2.37. The van der Waals surface area contributed by atoms with Crippen LogP contribution in [-0.4, -0.2) is 19.0 Å². The van der Waals surface area contributed by atoms with Crippen molar-refractivity contribution < 1.29 is 23.8 Å². The van der Waals surface area contributed by atoms with Crippen LogP contribution in [0.25, 0.3) is 0 Å². The highest BCUT2D eigenvalue weighted by atomic mass is 19.3. The Morgan fingerprint density at radius 2 is 1.88 bits per heavy atom. The molecular formula is C11H10FNO4. The van der Waals surface area contributed by atoms with Crippen molar-refractivity contribution >= 4 is 17.6 Å². The zero-order valence-electron chi connectivity index (χ0n) is 8.98. The van der Waals surface area contributed by atoms with E-state index in [0.29, 0.717) is 17.5 Å². The van der Waals surface area contributed by atoms with E-state index >= 15 is 0 Å². The fourth-order valence-electron chi connectivity index (χ4n) is 1.03. The monoisotopic (exact) mass is 239 g/mol. The molecule has 0 saturated carbocycles. The number of rotatable bonds is 4. The number of ether oxygens (including phenoxy) is 1. The zero-order valence-corrected chi connectivity index (χ0v) is 8.98. The van der Waals surface area contributed by atoms with E-state index in [2.05, 4.69) is 10.3 Å². The first-order valence-electron chi connectivity index (χ1n) is 4.61. The van der Waals surface area contributed by atoms with Crippen LogP contribution in [-0.2, 0) is 14.5 Å². The first kappa shape index (κ1) is 12.7. The molecule has 0 bridgehead atoms. The lowest BCUT2D eigenvalue weighted by Crippen LogP contribution is -2.08. The van der Waals surface area contributed by atoms with Gasteiger partial charge in [0.25, 0.3) is 0 Å². The van der Waals surface area contributed by atoms with Crippen molar-refractivity contribution in [2.24, 2.45) is 0 Å². The highest BCUT2D eigenvalue weighted by molar-refractivity contribution is 6.02. The SMILES string of the molecule is COc1ccc(NC(=O)/C=C/C(=O)OF)cc1. The predicted octanol–water partition coefficient (Wildman–Crippen LogP) is 1.62. The lowest BCUT2D eigenvalue weighted by molar-refractivity contribution is -0.176. The fraction of sp³-hybridized carbons (Fsp3) is 0.0909. The molecule has 0 aromatic heterocycles. The maximum absolute atomic E-state index is 11.3. The van der Waals surface area contributed by atoms with E-state index in [4.69, 9.17) is 4.74 Å². The number of nitrogens with one attached hydrogen (secondary N) is 1. The summed E-state index contributed by atoms with van der Waals surface area (Å²) in [4.78, 5) is 24.5. The van der Waals surface area contributed by atoms with E-state index in [9.17, 15) is 14.1 Å². The molecule has 0 aliphatic rings. The van der Waals surface area contributed by atoms with Crippen LogP contribution >= 0.6 is 0 Å². The molecule has 0 fully saturated rings. The van der Waals surface area contributed by atoms with E-state index in [0.717, 1.165) is 6.08 Å². The van der Waals surface area contributed by atoms with E-state index in [1.165, 1.54) is 7.11 Å². The lowest BCUT2D eigenvalue weighted by atomic mass is 10.3. The van der Waals surface area contributed by atoms with Crippen molar-refractivity contribution in [1.29, 1.82) is 0 Å². The van der Waals surface area contributed by atoms with Gasteiger partial charge >= 0.3 is 5.97 Å². The van der Waals surface area contributed by atoms with Crippen molar-refractivity contribution in [3.05, 3.63) is 36.4 Å². The van der Waals surface area contributed by atoms with Gasteiger partial charge < -0.3 is 10.1 Å². The van der Waals surface area contributed by atoms with Gasteiger partial charge in [0, 0.05) is 22.4 Å². The maximum Gasteiger partial charge on any atom is 0.372 e. The second-order valence-electron chi connectivity index (χ2n) is 2.95. The van der Waals surface area contributed by atoms with Gasteiger partial charge in [-0.2, -0.15) is 0 Å². The smallest absolute Gasteiger partial charge is 0.372 e. The molecule has 0 unspecified atom stereocenters. The Kier molecular flexibility index (Phi) is 4.68. The van der Waals surface area contributed by atoms with Gasteiger partial charge in [-0.1, -0.05) is 0 Å². The number of hydrogen-bond acceptors (Lipinski definition) is 4. The molecule has 0 aliphatic carbocycles. The molecule has 1 aromatic rings. The summed E-state index contributed by atoms with van der Waals surface area (Å²) in [5.41, 5.74) is 0.522. The third-order valence-electron chi connectivity index (χ3n) is 1.80. The van der Waals surface area contributed by atoms with Crippen molar-refractivity contribution in [2.45, 2.75) is 0 Å². The number of halogens is 1. The van der Waals surface area contributed by atoms with E-state index in [-0.39, 0.29) is 0 Å². The first-order valence-corrected chi connectivity index (χ1v) is 4.61. The molecular weight excluding hydrogens is 229 g/mol. The van der Waals surface area contributed by atoms with Crippen LogP contribution < -0.4 is 10.1 Å². The molecule has 0 aliphatic heterocycles. The molecule has 1 amide bonds. The second-order valence-corrected chi connectivity index (χ2v) is 2.95. The third-order valence-corrected chi connectivity index (χ3v) is 1.80. The largest absolute Gasteiger partial charge is 0.497 e. The standard InChI is InChI=1S/C11H10FNO4/c1-16-9-4-2-8(3-5-9)13-10(14)6-7-11(15)17-12/h2-7H,1H3,(H,13,14)/b7-6+. The molecule has 0 spiro atoms. The average molecular weight is 239 g/mol. The highest BCUT2D eigenvalue weighted by Gasteiger charge is 2.00. The summed E-state index contributed by atoms with van der Waals surface area (Å²) in [6, 6.07) is 6.57. The highest BCUT2D eigenvalue weighted by Crippen LogP contribution is 2.14. The van der Waals surface area contributed by atoms with Crippen LogP contribution in [0, 0.1) is 0 Å². The van der Waals surface area contributed by atoms with Gasteiger partial charge in [-0.3, -0.25) is 9.74 Å². The molecule has 1 aromatic carbocycles. The lowest BCUT2D eigenvalue weighted by Gasteiger charge is -2.03. The summed E-state index contributed by atoms with van der Waals surface area (Å²) in [6.45, 7) is 0. The predicted molar refractivity (Wildman–Crippen MR) is 58.0 cm³/mol. The van der Waals surface area contributed by atoms with Gasteiger partial charge in [0.05, 0.1) is 7.11 Å². The van der Waals surface area contributed by atoms with Gasteiger partial charge in [0.1, 0.15) is 5.75 Å². The maximum atomic E-state index is 11.3. The van der Waals surface area contributed by atoms with E-state index < -0.39 is 11.9 Å². The fourth-order valence-corrected chi connectivity index (χ4v) is 1.03. The molecule has 90 valence electrons. The molecule has 6 heteroatoms. The molecule has 0 atom stereocenters. The molecule has 0 saturated heterocycles. The van der Waals surface area contributed by atoms with Crippen LogP contribution in [0.3, 0.4) is 0 Å². The van der Waals surface area contributed by atoms with Gasteiger partial charge in [-0.25, -0.2) is 4.79 Å². The molecule has 0 heterocycles. The second kappa shape index (κ2) is 6.26. The Bertz CT molecular complexity index is 428. The van der Waals surface area contributed by atoms with E-state index in [1.54, 1.807) is 24.3 Å². The minimum Gasteiger partial charge on any atom is -0.497 e. The number of carbonyl (C=O) groups is 2. The van der Waals surface area contributed by atoms with Crippen molar-refractivity contribution in [3.63, 3.8) is 0 Å². The van der Waals surface area contributed by atoms with Crippen LogP contribution in [0.5, 0.6) is 5.75 Å². The van der Waals surface area contributed by atoms with Crippen LogP contribution in [0.1, 0.15) is 0 Å². The van der Waals surface area contributed by atoms with Gasteiger partial charge in [0.15, 0.2) is 0 Å². The van der Waals surface area contributed by atoms with Gasteiger partial charge in [-0.05, 0) is 24.3 Å². The van der Waals surface area contributed by atoms with Crippen LogP contribution in [0.4, 0.5) is 10.2 Å². The van der Waals surface area contributed by atoms with Crippen molar-refractivity contribution in [2.75, 3.05) is 12.4 Å². The Balaban J connectivity index is 2.56. The number of carbonyl (C=O) groups excluding carboxylic acids is 2. The number of benzene rings is 1. The van der Waals surface area contributed by atoms with E-state index in [1.807, 2.05) is 0 Å². The Morgan fingerprint density at radius 1 is 1.24 bits per heavy atom. The number of hydrogen-bond donors (Lipinski definition) is 1. The van der Waals surface area contributed by atoms with Crippen molar-refractivity contribution in [1.82, 2.24) is 0 Å². The van der Waals surface area contributed by atoms with Gasteiger partial charge in [0.2, 0.25) is 5.91 Å². The topological polar surface area (TPSA) is 64.6 Å². The van der Waals surface area contributed by atoms with Crippen LogP contribution in [0.2, 0.25) is 0 Å². The summed E-state index contributed by atoms with van der Waals surface area (Å²) in [7, 11) is 1.53. The number of anilines is 1. The van der Waals surface area contributed by atoms with Crippen molar-refractivity contribution in [3.8, 4) is 5.75 Å². The molecule has 17 heavy (non-hydrogen) atoms. The first-order chi connectivity index (χ1) is 8.15. The summed E-state index contributed by atoms with van der Waals surface area (Å²) in [5, 5.41) is 2.46. The van der Waals surface area contributed by atoms with Gasteiger partial charge in [-0.15, -0.1) is 0 Å². The molecule has 0 radical (unpaired) electrons. The van der Waals surface area contributed by atoms with Crippen LogP contribution in [0.15, 0.2) is 36.4 Å². The molecule has 1 N–H and O–H groups in total.